The summed E-state index contributed by atoms with van der Waals surface area (Å²) in [6.07, 6.45) is 0. The zero-order chi connectivity index (χ0) is 18.3. The van der Waals surface area contributed by atoms with Gasteiger partial charge in [-0.3, -0.25) is 4.79 Å². The van der Waals surface area contributed by atoms with Gasteiger partial charge in [0.25, 0.3) is 0 Å². The Balaban J connectivity index is 1.96. The number of fused-ring (bicyclic) bond motifs is 1. The first kappa shape index (κ1) is 16.3. The third kappa shape index (κ3) is 2.71. The Morgan fingerprint density at radius 3 is 2.85 bits per heavy atom. The lowest BCUT2D eigenvalue weighted by atomic mass is 10.1. The van der Waals surface area contributed by atoms with Gasteiger partial charge in [0, 0.05) is 18.5 Å². The molecule has 1 atom stereocenters. The fourth-order valence-electron chi connectivity index (χ4n) is 3.16. The van der Waals surface area contributed by atoms with Crippen molar-refractivity contribution in [3.63, 3.8) is 0 Å². The first-order valence-corrected chi connectivity index (χ1v) is 8.34. The highest BCUT2D eigenvalue weighted by Crippen LogP contribution is 2.32. The molecule has 1 fully saturated rings. The summed E-state index contributed by atoms with van der Waals surface area (Å²) in [5.74, 6) is 0.366. The number of nitrogens with one attached hydrogen (secondary N) is 1. The summed E-state index contributed by atoms with van der Waals surface area (Å²) >= 11 is 0. The predicted molar refractivity (Wildman–Crippen MR) is 96.4 cm³/mol. The molecular formula is C19H17FN4O2. The maximum Gasteiger partial charge on any atom is 0.242 e. The van der Waals surface area contributed by atoms with Crippen LogP contribution in [0.5, 0.6) is 5.75 Å². The first-order chi connectivity index (χ1) is 12.5. The van der Waals surface area contributed by atoms with Crippen molar-refractivity contribution in [1.29, 1.82) is 0 Å². The molecule has 1 aromatic heterocycles. The highest BCUT2D eigenvalue weighted by molar-refractivity contribution is 5.94. The molecule has 1 aliphatic heterocycles. The number of nitrogens with zero attached hydrogens (tertiary/aromatic N) is 3. The van der Waals surface area contributed by atoms with Gasteiger partial charge in [0.2, 0.25) is 5.91 Å². The number of carbonyl (C=O) groups is 1. The number of amides is 1. The van der Waals surface area contributed by atoms with Crippen molar-refractivity contribution in [3.8, 4) is 17.1 Å². The van der Waals surface area contributed by atoms with Crippen LogP contribution in [0, 0.1) is 5.82 Å². The number of hydrogen-bond acceptors (Lipinski definition) is 5. The zero-order valence-corrected chi connectivity index (χ0v) is 14.1. The molecule has 2 heterocycles. The Labute approximate surface area is 149 Å². The molecule has 0 bridgehead atoms. The average Bonchev–Trinajstić information content (AvgIpc) is 2.64. The minimum Gasteiger partial charge on any atom is -0.507 e. The highest BCUT2D eigenvalue weighted by atomic mass is 19.1. The summed E-state index contributed by atoms with van der Waals surface area (Å²) in [6.45, 7) is 2.81. The monoisotopic (exact) mass is 352 g/mol. The fourth-order valence-corrected chi connectivity index (χ4v) is 3.16. The van der Waals surface area contributed by atoms with E-state index in [2.05, 4.69) is 15.3 Å². The molecule has 1 amide bonds. The first-order valence-electron chi connectivity index (χ1n) is 8.34. The molecule has 3 aromatic rings. The Hall–Kier alpha value is -3.22. The normalized spacial score (nSPS) is 17.4. The van der Waals surface area contributed by atoms with E-state index in [9.17, 15) is 14.3 Å². The minimum atomic E-state index is -0.442. The van der Waals surface area contributed by atoms with E-state index >= 15 is 0 Å². The van der Waals surface area contributed by atoms with Crippen molar-refractivity contribution in [2.45, 2.75) is 13.0 Å². The van der Waals surface area contributed by atoms with Crippen molar-refractivity contribution >= 4 is 22.6 Å². The molecular weight excluding hydrogens is 335 g/mol. The van der Waals surface area contributed by atoms with E-state index in [0.29, 0.717) is 41.2 Å². The number of piperazine rings is 1. The van der Waals surface area contributed by atoms with E-state index in [-0.39, 0.29) is 11.7 Å². The molecule has 1 saturated heterocycles. The lowest BCUT2D eigenvalue weighted by molar-refractivity contribution is -0.122. The van der Waals surface area contributed by atoms with Gasteiger partial charge in [0.1, 0.15) is 23.4 Å². The van der Waals surface area contributed by atoms with Gasteiger partial charge < -0.3 is 15.3 Å². The number of aromatic nitrogens is 2. The summed E-state index contributed by atoms with van der Waals surface area (Å²) in [5.41, 5.74) is 1.03. The number of halogens is 1. The number of phenolic OH excluding ortho intramolecular Hbond substituents is 1. The van der Waals surface area contributed by atoms with E-state index in [4.69, 9.17) is 0 Å². The van der Waals surface area contributed by atoms with Gasteiger partial charge >= 0.3 is 0 Å². The quantitative estimate of drug-likeness (QED) is 0.741. The average molecular weight is 352 g/mol. The van der Waals surface area contributed by atoms with Gasteiger partial charge in [0.15, 0.2) is 5.82 Å². The van der Waals surface area contributed by atoms with Crippen LogP contribution in [0.25, 0.3) is 22.3 Å². The van der Waals surface area contributed by atoms with E-state index in [1.807, 2.05) is 4.90 Å². The molecule has 0 spiro atoms. The molecule has 4 rings (SSSR count). The molecule has 7 heteroatoms. The maximum absolute atomic E-state index is 13.9. The summed E-state index contributed by atoms with van der Waals surface area (Å²) in [7, 11) is 0. The number of phenols is 1. The summed E-state index contributed by atoms with van der Waals surface area (Å²) in [4.78, 5) is 23.0. The van der Waals surface area contributed by atoms with Crippen LogP contribution in [-0.2, 0) is 4.79 Å². The fraction of sp³-hybridized carbons (Fsp3) is 0.211. The van der Waals surface area contributed by atoms with Gasteiger partial charge in [-0.2, -0.15) is 0 Å². The molecule has 132 valence electrons. The molecule has 1 unspecified atom stereocenters. The molecule has 0 saturated carbocycles. The number of hydrogen-bond donors (Lipinski definition) is 2. The third-order valence-electron chi connectivity index (χ3n) is 4.55. The molecule has 1 aliphatic rings. The molecule has 0 aliphatic carbocycles. The molecule has 2 N–H and O–H groups in total. The number of para-hydroxylation sites is 1. The standard InChI is InChI=1S/C19H17FN4O2/c1-11-19(26)21-8-9-24(11)18-14-10-12(20)6-7-15(14)22-17(23-18)13-4-2-3-5-16(13)25/h2-7,10-11,25H,8-9H2,1H3,(H,21,26). The molecule has 2 aromatic carbocycles. The second-order valence-electron chi connectivity index (χ2n) is 6.21. The van der Waals surface area contributed by atoms with Crippen molar-refractivity contribution in [2.24, 2.45) is 0 Å². The Bertz CT molecular complexity index is 1010. The second-order valence-corrected chi connectivity index (χ2v) is 6.21. The van der Waals surface area contributed by atoms with Crippen LogP contribution in [0.2, 0.25) is 0 Å². The number of rotatable bonds is 2. The largest absolute Gasteiger partial charge is 0.507 e. The van der Waals surface area contributed by atoms with Gasteiger partial charge in [-0.05, 0) is 37.3 Å². The van der Waals surface area contributed by atoms with Crippen LogP contribution in [0.3, 0.4) is 0 Å². The number of carbonyl (C=O) groups excluding carboxylic acids is 1. The lowest BCUT2D eigenvalue weighted by Crippen LogP contribution is -2.54. The second kappa shape index (κ2) is 6.25. The number of benzene rings is 2. The van der Waals surface area contributed by atoms with E-state index < -0.39 is 11.9 Å². The van der Waals surface area contributed by atoms with E-state index in [1.54, 1.807) is 37.3 Å². The topological polar surface area (TPSA) is 78.4 Å². The molecule has 26 heavy (non-hydrogen) atoms. The number of aromatic hydroxyl groups is 1. The lowest BCUT2D eigenvalue weighted by Gasteiger charge is -2.34. The Kier molecular flexibility index (Phi) is 3.91. The van der Waals surface area contributed by atoms with Crippen LogP contribution >= 0.6 is 0 Å². The van der Waals surface area contributed by atoms with Gasteiger partial charge in [-0.15, -0.1) is 0 Å². The Morgan fingerprint density at radius 1 is 1.23 bits per heavy atom. The predicted octanol–water partition coefficient (Wildman–Crippen LogP) is 2.47. The van der Waals surface area contributed by atoms with Crippen molar-refractivity contribution in [1.82, 2.24) is 15.3 Å². The van der Waals surface area contributed by atoms with Crippen LogP contribution < -0.4 is 10.2 Å². The minimum absolute atomic E-state index is 0.0596. The molecule has 6 nitrogen and oxygen atoms in total. The van der Waals surface area contributed by atoms with E-state index in [0.717, 1.165) is 0 Å². The molecule has 0 radical (unpaired) electrons. The smallest absolute Gasteiger partial charge is 0.242 e. The highest BCUT2D eigenvalue weighted by Gasteiger charge is 2.28. The van der Waals surface area contributed by atoms with Crippen LogP contribution in [0.1, 0.15) is 6.92 Å². The summed E-state index contributed by atoms with van der Waals surface area (Å²) in [6, 6.07) is 10.6. The SMILES string of the molecule is CC1C(=O)NCCN1c1nc(-c2ccccc2O)nc2ccc(F)cc12. The van der Waals surface area contributed by atoms with Crippen LogP contribution in [0.4, 0.5) is 10.2 Å². The van der Waals surface area contributed by atoms with Crippen molar-refractivity contribution < 1.29 is 14.3 Å². The summed E-state index contributed by atoms with van der Waals surface area (Å²) in [5, 5.41) is 13.5. The van der Waals surface area contributed by atoms with Crippen LogP contribution in [0.15, 0.2) is 42.5 Å². The number of anilines is 1. The van der Waals surface area contributed by atoms with Gasteiger partial charge in [-0.25, -0.2) is 14.4 Å². The zero-order valence-electron chi connectivity index (χ0n) is 14.1. The van der Waals surface area contributed by atoms with Crippen molar-refractivity contribution in [3.05, 3.63) is 48.3 Å². The Morgan fingerprint density at radius 2 is 2.04 bits per heavy atom. The van der Waals surface area contributed by atoms with Gasteiger partial charge in [-0.1, -0.05) is 12.1 Å². The maximum atomic E-state index is 13.9. The van der Waals surface area contributed by atoms with Crippen molar-refractivity contribution in [2.75, 3.05) is 18.0 Å². The van der Waals surface area contributed by atoms with E-state index in [1.165, 1.54) is 12.1 Å². The third-order valence-corrected chi connectivity index (χ3v) is 4.55. The van der Waals surface area contributed by atoms with Gasteiger partial charge in [0.05, 0.1) is 11.1 Å². The summed E-state index contributed by atoms with van der Waals surface area (Å²) < 4.78 is 13.9. The van der Waals surface area contributed by atoms with Crippen LogP contribution in [-0.4, -0.2) is 40.1 Å².